The van der Waals surface area contributed by atoms with E-state index in [-0.39, 0.29) is 5.76 Å². The predicted octanol–water partition coefficient (Wildman–Crippen LogP) is 6.62. The monoisotopic (exact) mass is 410 g/mol. The molecule has 31 heavy (non-hydrogen) atoms. The van der Waals surface area contributed by atoms with Crippen molar-refractivity contribution >= 4 is 41.1 Å². The van der Waals surface area contributed by atoms with Gasteiger partial charge >= 0.3 is 7.47 Å². The van der Waals surface area contributed by atoms with Crippen molar-refractivity contribution in [1.29, 1.82) is 0 Å². The van der Waals surface area contributed by atoms with Crippen molar-refractivity contribution in [3.63, 3.8) is 0 Å². The fourth-order valence-electron chi connectivity index (χ4n) is 3.85. The number of fused-ring (bicyclic) bond motifs is 3. The summed E-state index contributed by atoms with van der Waals surface area (Å²) in [5.41, 5.74) is 4.21. The summed E-state index contributed by atoms with van der Waals surface area (Å²) in [5.74, 6) is 0.0717. The molecule has 0 saturated heterocycles. The van der Waals surface area contributed by atoms with E-state index in [9.17, 15) is 8.63 Å². The summed E-state index contributed by atoms with van der Waals surface area (Å²) < 4.78 is 33.0. The molecule has 0 amide bonds. The highest BCUT2D eigenvalue weighted by Crippen LogP contribution is 2.32. The van der Waals surface area contributed by atoms with E-state index in [1.807, 2.05) is 36.4 Å². The third-order valence-electron chi connectivity index (χ3n) is 5.17. The van der Waals surface area contributed by atoms with E-state index in [1.54, 1.807) is 36.5 Å². The van der Waals surface area contributed by atoms with Crippen molar-refractivity contribution in [1.82, 2.24) is 9.55 Å². The van der Waals surface area contributed by atoms with Crippen LogP contribution in [-0.2, 0) is 4.65 Å². The van der Waals surface area contributed by atoms with Crippen LogP contribution in [0.25, 0.3) is 39.3 Å². The minimum atomic E-state index is -2.92. The van der Waals surface area contributed by atoms with Crippen molar-refractivity contribution in [2.45, 2.75) is 0 Å². The molecule has 2 heterocycles. The zero-order chi connectivity index (χ0) is 21.2. The highest BCUT2D eigenvalue weighted by atomic mass is 19.2. The summed E-state index contributed by atoms with van der Waals surface area (Å²) >= 11 is 0. The molecule has 0 saturated carbocycles. The summed E-state index contributed by atoms with van der Waals surface area (Å²) in [4.78, 5) is 4.17. The van der Waals surface area contributed by atoms with Gasteiger partial charge in [-0.1, -0.05) is 42.5 Å². The Morgan fingerprint density at radius 1 is 0.774 bits per heavy atom. The van der Waals surface area contributed by atoms with Crippen molar-refractivity contribution in [3.8, 4) is 5.69 Å². The van der Waals surface area contributed by atoms with E-state index < -0.39 is 7.47 Å². The molecule has 2 aromatic heterocycles. The predicted molar refractivity (Wildman–Crippen MR) is 122 cm³/mol. The van der Waals surface area contributed by atoms with Gasteiger partial charge < -0.3 is 9.22 Å². The van der Waals surface area contributed by atoms with Gasteiger partial charge in [-0.15, -0.1) is 0 Å². The lowest BCUT2D eigenvalue weighted by Crippen LogP contribution is -2.04. The van der Waals surface area contributed by atoms with Gasteiger partial charge in [0.25, 0.3) is 0 Å². The lowest BCUT2D eigenvalue weighted by molar-refractivity contribution is 0.398. The summed E-state index contributed by atoms with van der Waals surface area (Å²) in [6, 6.07) is 29.1. The van der Waals surface area contributed by atoms with Gasteiger partial charge in [-0.3, -0.25) is 4.98 Å². The Bertz CT molecular complexity index is 1330. The molecular formula is C25H17BF2N2O. The van der Waals surface area contributed by atoms with Gasteiger partial charge in [-0.2, -0.15) is 0 Å². The molecule has 0 spiro atoms. The summed E-state index contributed by atoms with van der Waals surface area (Å²) in [7, 11) is -2.92. The Hall–Kier alpha value is -3.93. The molecule has 3 aromatic carbocycles. The minimum absolute atomic E-state index is 0.0717. The smallest absolute Gasteiger partial charge is 0.505 e. The second-order valence-electron chi connectivity index (χ2n) is 7.06. The minimum Gasteiger partial charge on any atom is -0.505 e. The SMILES string of the molecule is FB(F)O/C(=C/c1ccccn1)c1ccc(-n2c3ccccc3c3ccccc32)cc1. The average Bonchev–Trinajstić information content (AvgIpc) is 3.14. The normalized spacial score (nSPS) is 11.7. The Labute approximate surface area is 178 Å². The van der Waals surface area contributed by atoms with E-state index in [0.717, 1.165) is 16.7 Å². The van der Waals surface area contributed by atoms with Gasteiger partial charge in [0.15, 0.2) is 0 Å². The molecule has 150 valence electrons. The molecule has 0 aliphatic carbocycles. The molecule has 0 atom stereocenters. The first-order chi connectivity index (χ1) is 15.2. The number of nitrogens with zero attached hydrogens (tertiary/aromatic N) is 2. The van der Waals surface area contributed by atoms with Crippen molar-refractivity contribution in [2.75, 3.05) is 0 Å². The molecule has 6 heteroatoms. The van der Waals surface area contributed by atoms with Crippen LogP contribution in [0.4, 0.5) is 8.63 Å². The number of hydrogen-bond acceptors (Lipinski definition) is 2. The number of halogens is 2. The maximum Gasteiger partial charge on any atom is 0.796 e. The van der Waals surface area contributed by atoms with Crippen LogP contribution in [0.2, 0.25) is 0 Å². The van der Waals surface area contributed by atoms with E-state index in [4.69, 9.17) is 4.65 Å². The fraction of sp³-hybridized carbons (Fsp3) is 0. The molecular weight excluding hydrogens is 393 g/mol. The van der Waals surface area contributed by atoms with Crippen LogP contribution in [0.15, 0.2) is 97.2 Å². The van der Waals surface area contributed by atoms with Gasteiger partial charge in [0.05, 0.1) is 16.7 Å². The topological polar surface area (TPSA) is 27.1 Å². The second-order valence-corrected chi connectivity index (χ2v) is 7.06. The summed E-state index contributed by atoms with van der Waals surface area (Å²) in [6.45, 7) is 0. The standard InChI is InChI=1S/C25H17BF2N2O/c27-26(28)31-25(17-19-7-5-6-16-29-19)18-12-14-20(15-13-18)30-23-10-3-1-8-21(23)22-9-2-4-11-24(22)30/h1-17H/b25-17+. The lowest BCUT2D eigenvalue weighted by Gasteiger charge is -2.12. The van der Waals surface area contributed by atoms with E-state index in [2.05, 4.69) is 33.8 Å². The fourth-order valence-corrected chi connectivity index (χ4v) is 3.85. The zero-order valence-corrected chi connectivity index (χ0v) is 16.5. The first-order valence-corrected chi connectivity index (χ1v) is 9.87. The van der Waals surface area contributed by atoms with Gasteiger partial charge in [-0.05, 0) is 48.5 Å². The number of hydrogen-bond donors (Lipinski definition) is 0. The molecule has 0 unspecified atom stereocenters. The molecule has 5 aromatic rings. The average molecular weight is 410 g/mol. The van der Waals surface area contributed by atoms with Crippen LogP contribution >= 0.6 is 0 Å². The van der Waals surface area contributed by atoms with Crippen molar-refractivity contribution in [3.05, 3.63) is 108 Å². The summed E-state index contributed by atoms with van der Waals surface area (Å²) in [5, 5.41) is 2.33. The molecule has 0 fully saturated rings. The van der Waals surface area contributed by atoms with Crippen molar-refractivity contribution < 1.29 is 13.3 Å². The second kappa shape index (κ2) is 8.07. The molecule has 0 aliphatic heterocycles. The third-order valence-corrected chi connectivity index (χ3v) is 5.17. The maximum atomic E-state index is 13.0. The molecule has 0 N–H and O–H groups in total. The molecule has 0 aliphatic rings. The molecule has 5 rings (SSSR count). The van der Waals surface area contributed by atoms with Crippen LogP contribution in [0, 0.1) is 0 Å². The molecule has 0 bridgehead atoms. The van der Waals surface area contributed by atoms with Crippen LogP contribution in [0.1, 0.15) is 11.3 Å². The highest BCUT2D eigenvalue weighted by molar-refractivity contribution is 6.36. The molecule has 0 radical (unpaired) electrons. The number of pyridine rings is 1. The van der Waals surface area contributed by atoms with Crippen LogP contribution in [0.3, 0.4) is 0 Å². The first kappa shape index (κ1) is 19.1. The Morgan fingerprint density at radius 2 is 1.39 bits per heavy atom. The van der Waals surface area contributed by atoms with Gasteiger partial charge in [-0.25, -0.2) is 8.63 Å². The van der Waals surface area contributed by atoms with Gasteiger partial charge in [0, 0.05) is 34.3 Å². The highest BCUT2D eigenvalue weighted by Gasteiger charge is 2.20. The third kappa shape index (κ3) is 3.68. The van der Waals surface area contributed by atoms with Crippen molar-refractivity contribution in [2.24, 2.45) is 0 Å². The van der Waals surface area contributed by atoms with Crippen LogP contribution in [-0.4, -0.2) is 17.0 Å². The summed E-state index contributed by atoms with van der Waals surface area (Å²) in [6.07, 6.45) is 3.12. The Kier molecular flexibility index (Phi) is 4.96. The van der Waals surface area contributed by atoms with E-state index in [0.29, 0.717) is 11.3 Å². The Morgan fingerprint density at radius 3 is 1.97 bits per heavy atom. The Balaban J connectivity index is 1.60. The van der Waals surface area contributed by atoms with Gasteiger partial charge in [0.1, 0.15) is 5.76 Å². The number of rotatable bonds is 5. The number of para-hydroxylation sites is 2. The van der Waals surface area contributed by atoms with E-state index in [1.165, 1.54) is 16.8 Å². The lowest BCUT2D eigenvalue weighted by atomic mass is 10.1. The van der Waals surface area contributed by atoms with Crippen LogP contribution < -0.4 is 0 Å². The van der Waals surface area contributed by atoms with Crippen LogP contribution in [0.5, 0.6) is 0 Å². The zero-order valence-electron chi connectivity index (χ0n) is 16.5. The number of benzene rings is 3. The maximum absolute atomic E-state index is 13.0. The van der Waals surface area contributed by atoms with E-state index >= 15 is 0 Å². The largest absolute Gasteiger partial charge is 0.796 e. The quantitative estimate of drug-likeness (QED) is 0.241. The molecule has 3 nitrogen and oxygen atoms in total. The number of aromatic nitrogens is 2. The van der Waals surface area contributed by atoms with Gasteiger partial charge in [0.2, 0.25) is 0 Å². The first-order valence-electron chi connectivity index (χ1n) is 9.87.